The maximum absolute atomic E-state index is 11.6. The highest BCUT2D eigenvalue weighted by Gasteiger charge is 2.22. The number of amides is 1. The third-order valence-electron chi connectivity index (χ3n) is 2.16. The van der Waals surface area contributed by atoms with Crippen LogP contribution in [0.1, 0.15) is 30.8 Å². The van der Waals surface area contributed by atoms with Crippen LogP contribution in [-0.2, 0) is 4.79 Å². The number of carbonyl (C=O) groups is 2. The second-order valence-electron chi connectivity index (χ2n) is 4.20. The molecule has 0 bridgehead atoms. The Labute approximate surface area is 98.8 Å². The number of carbonyl (C=O) groups excluding carboxylic acids is 1. The van der Waals surface area contributed by atoms with Gasteiger partial charge in [-0.1, -0.05) is 13.8 Å². The van der Waals surface area contributed by atoms with Crippen LogP contribution >= 0.6 is 0 Å². The van der Waals surface area contributed by atoms with E-state index < -0.39 is 17.9 Å². The average Bonchev–Trinajstić information content (AvgIpc) is 2.63. The number of nitrogens with two attached hydrogens (primary N) is 1. The quantitative estimate of drug-likeness (QED) is 0.714. The van der Waals surface area contributed by atoms with Crippen LogP contribution in [0.15, 0.2) is 16.5 Å². The molecule has 1 unspecified atom stereocenters. The summed E-state index contributed by atoms with van der Waals surface area (Å²) in [6, 6.07) is 1.92. The van der Waals surface area contributed by atoms with Crippen molar-refractivity contribution < 1.29 is 19.1 Å². The van der Waals surface area contributed by atoms with Gasteiger partial charge in [-0.05, 0) is 18.4 Å². The molecule has 1 aromatic rings. The number of hydrogen-bond acceptors (Lipinski definition) is 4. The second-order valence-corrected chi connectivity index (χ2v) is 4.20. The number of anilines is 1. The van der Waals surface area contributed by atoms with Gasteiger partial charge in [-0.25, -0.2) is 4.79 Å². The normalized spacial score (nSPS) is 12.4. The summed E-state index contributed by atoms with van der Waals surface area (Å²) in [6.07, 6.45) is 0.358. The van der Waals surface area contributed by atoms with Crippen LogP contribution in [0.25, 0.3) is 0 Å². The van der Waals surface area contributed by atoms with Crippen molar-refractivity contribution in [1.82, 2.24) is 5.32 Å². The molecule has 1 rings (SSSR count). The zero-order valence-corrected chi connectivity index (χ0v) is 9.77. The molecule has 1 heterocycles. The Morgan fingerprint density at radius 2 is 2.12 bits per heavy atom. The summed E-state index contributed by atoms with van der Waals surface area (Å²) >= 11 is 0. The molecule has 94 valence electrons. The molecule has 1 aromatic heterocycles. The zero-order valence-electron chi connectivity index (χ0n) is 9.77. The molecular weight excluding hydrogens is 224 g/mol. The molecule has 6 nitrogen and oxygen atoms in total. The molecular formula is C11H16N2O4. The molecule has 0 aliphatic carbocycles. The Hall–Kier alpha value is -1.98. The van der Waals surface area contributed by atoms with Gasteiger partial charge in [0.2, 0.25) is 0 Å². The van der Waals surface area contributed by atoms with E-state index in [1.807, 2.05) is 13.8 Å². The topological polar surface area (TPSA) is 106 Å². The molecule has 4 N–H and O–H groups in total. The first-order valence-electron chi connectivity index (χ1n) is 5.29. The summed E-state index contributed by atoms with van der Waals surface area (Å²) in [5.74, 6) is -1.34. The van der Waals surface area contributed by atoms with E-state index >= 15 is 0 Å². The first-order valence-corrected chi connectivity index (χ1v) is 5.29. The molecule has 1 atom stereocenters. The molecule has 0 aromatic carbocycles. The van der Waals surface area contributed by atoms with Gasteiger partial charge in [0, 0.05) is 6.07 Å². The van der Waals surface area contributed by atoms with Crippen molar-refractivity contribution in [2.75, 3.05) is 5.73 Å². The number of aliphatic carboxylic acids is 1. The Morgan fingerprint density at radius 3 is 2.53 bits per heavy atom. The molecule has 0 saturated heterocycles. The molecule has 1 amide bonds. The lowest BCUT2D eigenvalue weighted by Crippen LogP contribution is -2.41. The fourth-order valence-corrected chi connectivity index (χ4v) is 1.40. The summed E-state index contributed by atoms with van der Waals surface area (Å²) in [5.41, 5.74) is 5.32. The number of hydrogen-bond donors (Lipinski definition) is 3. The number of carboxylic acid groups (broad SMARTS) is 1. The average molecular weight is 240 g/mol. The fourth-order valence-electron chi connectivity index (χ4n) is 1.40. The van der Waals surface area contributed by atoms with Crippen molar-refractivity contribution in [3.8, 4) is 0 Å². The van der Waals surface area contributed by atoms with Crippen molar-refractivity contribution in [2.45, 2.75) is 26.3 Å². The highest BCUT2D eigenvalue weighted by Crippen LogP contribution is 2.10. The number of furan rings is 1. The molecule has 0 aliphatic rings. The van der Waals surface area contributed by atoms with Gasteiger partial charge in [0.1, 0.15) is 6.04 Å². The Balaban J connectivity index is 2.67. The van der Waals surface area contributed by atoms with Crippen molar-refractivity contribution >= 4 is 17.8 Å². The molecule has 0 saturated carbocycles. The first-order chi connectivity index (χ1) is 7.90. The summed E-state index contributed by atoms with van der Waals surface area (Å²) in [7, 11) is 0. The monoisotopic (exact) mass is 240 g/mol. The second kappa shape index (κ2) is 5.38. The van der Waals surface area contributed by atoms with Gasteiger partial charge < -0.3 is 20.6 Å². The van der Waals surface area contributed by atoms with Gasteiger partial charge in [-0.3, -0.25) is 4.79 Å². The minimum absolute atomic E-state index is 0.0116. The standard InChI is InChI=1S/C11H16N2O4/c1-6(2)5-7(11(15)16)13-10(14)8-3-4-9(12)17-8/h3-4,6-7H,5,12H2,1-2H3,(H,13,14)(H,15,16). The minimum atomic E-state index is -1.06. The SMILES string of the molecule is CC(C)CC(NC(=O)c1ccc(N)o1)C(=O)O. The highest BCUT2D eigenvalue weighted by atomic mass is 16.4. The number of nitrogens with one attached hydrogen (secondary N) is 1. The lowest BCUT2D eigenvalue weighted by atomic mass is 10.0. The molecule has 0 spiro atoms. The van der Waals surface area contributed by atoms with Crippen LogP contribution < -0.4 is 11.1 Å². The van der Waals surface area contributed by atoms with E-state index in [4.69, 9.17) is 15.3 Å². The van der Waals surface area contributed by atoms with Crippen LogP contribution in [0.3, 0.4) is 0 Å². The Bertz CT molecular complexity index is 411. The van der Waals surface area contributed by atoms with E-state index in [1.54, 1.807) is 0 Å². The van der Waals surface area contributed by atoms with E-state index in [2.05, 4.69) is 5.32 Å². The summed E-state index contributed by atoms with van der Waals surface area (Å²) in [5, 5.41) is 11.3. The molecule has 6 heteroatoms. The molecule has 17 heavy (non-hydrogen) atoms. The summed E-state index contributed by atoms with van der Waals surface area (Å²) < 4.78 is 4.90. The third kappa shape index (κ3) is 3.82. The van der Waals surface area contributed by atoms with E-state index in [-0.39, 0.29) is 17.6 Å². The summed E-state index contributed by atoms with van der Waals surface area (Å²) in [4.78, 5) is 22.6. The number of nitrogen functional groups attached to an aromatic ring is 1. The number of carboxylic acids is 1. The van der Waals surface area contributed by atoms with Crippen molar-refractivity contribution in [1.29, 1.82) is 0 Å². The van der Waals surface area contributed by atoms with Crippen molar-refractivity contribution in [3.05, 3.63) is 17.9 Å². The first kappa shape index (κ1) is 13.1. The van der Waals surface area contributed by atoms with E-state index in [9.17, 15) is 9.59 Å². The van der Waals surface area contributed by atoms with E-state index in [0.29, 0.717) is 6.42 Å². The van der Waals surface area contributed by atoms with E-state index in [1.165, 1.54) is 12.1 Å². The van der Waals surface area contributed by atoms with Crippen molar-refractivity contribution in [3.63, 3.8) is 0 Å². The fraction of sp³-hybridized carbons (Fsp3) is 0.455. The van der Waals surface area contributed by atoms with Gasteiger partial charge in [-0.2, -0.15) is 0 Å². The lowest BCUT2D eigenvalue weighted by Gasteiger charge is -2.15. The predicted molar refractivity (Wildman–Crippen MR) is 61.5 cm³/mol. The number of rotatable bonds is 5. The largest absolute Gasteiger partial charge is 0.480 e. The van der Waals surface area contributed by atoms with Crippen LogP contribution in [-0.4, -0.2) is 23.0 Å². The lowest BCUT2D eigenvalue weighted by molar-refractivity contribution is -0.139. The summed E-state index contributed by atoms with van der Waals surface area (Å²) in [6.45, 7) is 3.76. The van der Waals surface area contributed by atoms with Gasteiger partial charge >= 0.3 is 5.97 Å². The van der Waals surface area contributed by atoms with E-state index in [0.717, 1.165) is 0 Å². The maximum atomic E-state index is 11.6. The van der Waals surface area contributed by atoms with Gasteiger partial charge in [-0.15, -0.1) is 0 Å². The van der Waals surface area contributed by atoms with Gasteiger partial charge in [0.25, 0.3) is 5.91 Å². The van der Waals surface area contributed by atoms with Crippen LogP contribution in [0, 0.1) is 5.92 Å². The Kier molecular flexibility index (Phi) is 4.14. The van der Waals surface area contributed by atoms with Gasteiger partial charge in [0.15, 0.2) is 11.6 Å². The van der Waals surface area contributed by atoms with Crippen molar-refractivity contribution in [2.24, 2.45) is 5.92 Å². The smallest absolute Gasteiger partial charge is 0.326 e. The maximum Gasteiger partial charge on any atom is 0.326 e. The van der Waals surface area contributed by atoms with Crippen LogP contribution in [0.4, 0.5) is 5.88 Å². The van der Waals surface area contributed by atoms with Crippen LogP contribution in [0.5, 0.6) is 0 Å². The Morgan fingerprint density at radius 1 is 1.47 bits per heavy atom. The minimum Gasteiger partial charge on any atom is -0.480 e. The molecule has 0 aliphatic heterocycles. The van der Waals surface area contributed by atoms with Crippen LogP contribution in [0.2, 0.25) is 0 Å². The molecule has 0 fully saturated rings. The third-order valence-corrected chi connectivity index (χ3v) is 2.16. The predicted octanol–water partition coefficient (Wildman–Crippen LogP) is 1.09. The van der Waals surface area contributed by atoms with Gasteiger partial charge in [0.05, 0.1) is 0 Å². The highest BCUT2D eigenvalue weighted by molar-refractivity contribution is 5.94. The zero-order chi connectivity index (χ0) is 13.0. The molecule has 0 radical (unpaired) electrons.